The number of amides is 1. The second-order valence-corrected chi connectivity index (χ2v) is 6.75. The maximum Gasteiger partial charge on any atom is 0.255 e. The van der Waals surface area contributed by atoms with Crippen LogP contribution in [0.25, 0.3) is 0 Å². The first-order valence-electron chi connectivity index (χ1n) is 8.12. The Morgan fingerprint density at radius 1 is 1.33 bits per heavy atom. The molecule has 5 nitrogen and oxygen atoms in total. The second kappa shape index (κ2) is 8.31. The van der Waals surface area contributed by atoms with Crippen LogP contribution < -0.4 is 5.32 Å². The summed E-state index contributed by atoms with van der Waals surface area (Å²) in [5, 5.41) is 17.4. The summed E-state index contributed by atoms with van der Waals surface area (Å²) in [6.45, 7) is 6.80. The molecule has 24 heavy (non-hydrogen) atoms. The molecule has 1 amide bonds. The van der Waals surface area contributed by atoms with Crippen LogP contribution in [0.5, 0.6) is 0 Å². The van der Waals surface area contributed by atoms with E-state index in [0.29, 0.717) is 16.5 Å². The minimum absolute atomic E-state index is 0.187. The third-order valence-electron chi connectivity index (χ3n) is 4.03. The van der Waals surface area contributed by atoms with Gasteiger partial charge in [-0.3, -0.25) is 9.48 Å². The molecule has 6 heteroatoms. The number of benzene rings is 1. The van der Waals surface area contributed by atoms with Crippen molar-refractivity contribution in [2.45, 2.75) is 39.8 Å². The summed E-state index contributed by atoms with van der Waals surface area (Å²) < 4.78 is 1.85. The van der Waals surface area contributed by atoms with Crippen molar-refractivity contribution in [3.8, 4) is 0 Å². The minimum Gasteiger partial charge on any atom is -0.394 e. The third kappa shape index (κ3) is 4.58. The zero-order valence-electron chi connectivity index (χ0n) is 14.3. The van der Waals surface area contributed by atoms with Gasteiger partial charge < -0.3 is 10.4 Å². The number of nitrogens with one attached hydrogen (secondary N) is 1. The van der Waals surface area contributed by atoms with Crippen molar-refractivity contribution in [3.63, 3.8) is 0 Å². The summed E-state index contributed by atoms with van der Waals surface area (Å²) in [4.78, 5) is 12.5. The lowest BCUT2D eigenvalue weighted by Gasteiger charge is -2.17. The predicted molar refractivity (Wildman–Crippen MR) is 95.2 cm³/mol. The fourth-order valence-electron chi connectivity index (χ4n) is 2.44. The molecule has 2 N–H and O–H groups in total. The number of aliphatic hydroxyl groups is 1. The molecule has 0 bridgehead atoms. The van der Waals surface area contributed by atoms with Crippen molar-refractivity contribution >= 4 is 17.5 Å². The molecular formula is C18H24ClN3O2. The molecular weight excluding hydrogens is 326 g/mol. The standard InChI is InChI=1S/C18H24ClN3O2/c1-12(2)8-9-22-13(3)16(10-20-22)18(24)21-17(11-23)14-4-6-15(19)7-5-14/h4-7,10,12,17,23H,8-9,11H2,1-3H3,(H,21,24). The van der Waals surface area contributed by atoms with E-state index in [1.165, 1.54) is 0 Å². The average molecular weight is 350 g/mol. The van der Waals surface area contributed by atoms with Crippen LogP contribution >= 0.6 is 11.6 Å². The van der Waals surface area contributed by atoms with Gasteiger partial charge in [0.25, 0.3) is 5.91 Å². The second-order valence-electron chi connectivity index (χ2n) is 6.31. The molecule has 130 valence electrons. The first-order valence-corrected chi connectivity index (χ1v) is 8.49. The Morgan fingerprint density at radius 2 is 2.00 bits per heavy atom. The van der Waals surface area contributed by atoms with E-state index in [9.17, 15) is 9.90 Å². The van der Waals surface area contributed by atoms with Crippen molar-refractivity contribution in [2.24, 2.45) is 5.92 Å². The Morgan fingerprint density at radius 3 is 2.58 bits per heavy atom. The fraction of sp³-hybridized carbons (Fsp3) is 0.444. The Bertz CT molecular complexity index is 680. The topological polar surface area (TPSA) is 67.2 Å². The van der Waals surface area contributed by atoms with E-state index in [1.54, 1.807) is 30.5 Å². The van der Waals surface area contributed by atoms with E-state index in [4.69, 9.17) is 11.6 Å². The summed E-state index contributed by atoms with van der Waals surface area (Å²) >= 11 is 5.88. The summed E-state index contributed by atoms with van der Waals surface area (Å²) in [6.07, 6.45) is 2.59. The van der Waals surface area contributed by atoms with E-state index in [-0.39, 0.29) is 12.5 Å². The van der Waals surface area contributed by atoms with Crippen LogP contribution in [0.3, 0.4) is 0 Å². The van der Waals surface area contributed by atoms with Crippen molar-refractivity contribution in [2.75, 3.05) is 6.61 Å². The number of aromatic nitrogens is 2. The van der Waals surface area contributed by atoms with Crippen LogP contribution in [-0.2, 0) is 6.54 Å². The molecule has 0 spiro atoms. The number of carbonyl (C=O) groups excluding carboxylic acids is 1. The molecule has 0 aliphatic heterocycles. The molecule has 2 rings (SSSR count). The first-order chi connectivity index (χ1) is 11.4. The summed E-state index contributed by atoms with van der Waals surface area (Å²) in [5.74, 6) is 0.340. The van der Waals surface area contributed by atoms with Gasteiger partial charge in [-0.05, 0) is 37.0 Å². The van der Waals surface area contributed by atoms with Gasteiger partial charge in [0.2, 0.25) is 0 Å². The third-order valence-corrected chi connectivity index (χ3v) is 4.28. The maximum absolute atomic E-state index is 12.5. The lowest BCUT2D eigenvalue weighted by atomic mass is 10.1. The molecule has 0 aliphatic carbocycles. The van der Waals surface area contributed by atoms with E-state index >= 15 is 0 Å². The quantitative estimate of drug-likeness (QED) is 0.805. The Hall–Kier alpha value is -1.85. The van der Waals surface area contributed by atoms with Crippen LogP contribution in [-0.4, -0.2) is 27.4 Å². The summed E-state index contributed by atoms with van der Waals surface area (Å²) in [7, 11) is 0. The van der Waals surface area contributed by atoms with E-state index in [2.05, 4.69) is 24.3 Å². The molecule has 0 saturated carbocycles. The number of nitrogens with zero attached hydrogens (tertiary/aromatic N) is 2. The summed E-state index contributed by atoms with van der Waals surface area (Å²) in [5.41, 5.74) is 2.17. The zero-order chi connectivity index (χ0) is 17.7. The van der Waals surface area contributed by atoms with Crippen LogP contribution in [0.4, 0.5) is 0 Å². The van der Waals surface area contributed by atoms with Crippen molar-refractivity contribution in [3.05, 3.63) is 52.3 Å². The van der Waals surface area contributed by atoms with Gasteiger partial charge in [0, 0.05) is 17.3 Å². The van der Waals surface area contributed by atoms with Gasteiger partial charge in [-0.15, -0.1) is 0 Å². The lowest BCUT2D eigenvalue weighted by molar-refractivity contribution is 0.0915. The molecule has 0 fully saturated rings. The lowest BCUT2D eigenvalue weighted by Crippen LogP contribution is -2.31. The van der Waals surface area contributed by atoms with E-state index < -0.39 is 6.04 Å². The molecule has 1 heterocycles. The normalized spacial score (nSPS) is 12.4. The number of aryl methyl sites for hydroxylation is 1. The number of hydrogen-bond acceptors (Lipinski definition) is 3. The van der Waals surface area contributed by atoms with Crippen molar-refractivity contribution in [1.82, 2.24) is 15.1 Å². The van der Waals surface area contributed by atoms with Crippen LogP contribution in [0.1, 0.15) is 47.9 Å². The van der Waals surface area contributed by atoms with E-state index in [0.717, 1.165) is 24.2 Å². The largest absolute Gasteiger partial charge is 0.394 e. The Kier molecular flexibility index (Phi) is 6.40. The van der Waals surface area contributed by atoms with Crippen LogP contribution in [0, 0.1) is 12.8 Å². The number of aliphatic hydroxyl groups excluding tert-OH is 1. The molecule has 2 aromatic rings. The SMILES string of the molecule is Cc1c(C(=O)NC(CO)c2ccc(Cl)cc2)cnn1CCC(C)C. The number of carbonyl (C=O) groups is 1. The molecule has 0 aliphatic rings. The number of rotatable bonds is 7. The zero-order valence-corrected chi connectivity index (χ0v) is 15.0. The van der Waals surface area contributed by atoms with Gasteiger partial charge in [-0.1, -0.05) is 37.6 Å². The smallest absolute Gasteiger partial charge is 0.255 e. The molecule has 1 aromatic heterocycles. The van der Waals surface area contributed by atoms with Gasteiger partial charge >= 0.3 is 0 Å². The van der Waals surface area contributed by atoms with Crippen LogP contribution in [0.15, 0.2) is 30.5 Å². The van der Waals surface area contributed by atoms with Crippen LogP contribution in [0.2, 0.25) is 5.02 Å². The summed E-state index contributed by atoms with van der Waals surface area (Å²) in [6, 6.07) is 6.58. The van der Waals surface area contributed by atoms with E-state index in [1.807, 2.05) is 11.6 Å². The Balaban J connectivity index is 2.09. The first kappa shape index (κ1) is 18.5. The number of halogens is 1. The minimum atomic E-state index is -0.479. The molecule has 0 saturated heterocycles. The van der Waals surface area contributed by atoms with Gasteiger partial charge in [0.05, 0.1) is 24.4 Å². The fourth-order valence-corrected chi connectivity index (χ4v) is 2.57. The molecule has 1 unspecified atom stereocenters. The van der Waals surface area contributed by atoms with Crippen molar-refractivity contribution < 1.29 is 9.90 Å². The molecule has 1 aromatic carbocycles. The van der Waals surface area contributed by atoms with Crippen molar-refractivity contribution in [1.29, 1.82) is 0 Å². The average Bonchev–Trinajstić information content (AvgIpc) is 2.92. The molecule has 1 atom stereocenters. The van der Waals surface area contributed by atoms with Gasteiger partial charge in [0.15, 0.2) is 0 Å². The molecule has 0 radical (unpaired) electrons. The highest BCUT2D eigenvalue weighted by Gasteiger charge is 2.19. The highest BCUT2D eigenvalue weighted by Crippen LogP contribution is 2.18. The highest BCUT2D eigenvalue weighted by atomic mass is 35.5. The predicted octanol–water partition coefficient (Wildman–Crippen LogP) is 3.35. The monoisotopic (exact) mass is 349 g/mol. The van der Waals surface area contributed by atoms with Gasteiger partial charge in [-0.25, -0.2) is 0 Å². The maximum atomic E-state index is 12.5. The Labute approximate surface area is 147 Å². The number of hydrogen-bond donors (Lipinski definition) is 2. The van der Waals surface area contributed by atoms with Gasteiger partial charge in [0.1, 0.15) is 0 Å². The van der Waals surface area contributed by atoms with Gasteiger partial charge in [-0.2, -0.15) is 5.10 Å². The highest BCUT2D eigenvalue weighted by molar-refractivity contribution is 6.30.